The molecule has 0 unspecified atom stereocenters. The summed E-state index contributed by atoms with van der Waals surface area (Å²) in [7, 11) is -9.46. The molecule has 0 saturated heterocycles. The van der Waals surface area contributed by atoms with Gasteiger partial charge in [0, 0.05) is 0 Å². The molecule has 0 radical (unpaired) electrons. The van der Waals surface area contributed by atoms with Gasteiger partial charge in [0.2, 0.25) is 0 Å². The van der Waals surface area contributed by atoms with Crippen molar-refractivity contribution < 1.29 is 28.7 Å². The fourth-order valence-electron chi connectivity index (χ4n) is 1.59. The van der Waals surface area contributed by atoms with Crippen molar-refractivity contribution in [1.82, 2.24) is 0 Å². The van der Waals surface area contributed by atoms with Gasteiger partial charge in [0.05, 0.1) is 0 Å². The molecular formula is C9H22O6P2. The molecule has 6 nitrogen and oxygen atoms in total. The van der Waals surface area contributed by atoms with Crippen molar-refractivity contribution in [2.45, 2.75) is 51.4 Å². The van der Waals surface area contributed by atoms with Gasteiger partial charge in [0.15, 0.2) is 5.40 Å². The van der Waals surface area contributed by atoms with E-state index in [4.69, 9.17) is 19.6 Å². The van der Waals surface area contributed by atoms with Crippen LogP contribution >= 0.6 is 15.2 Å². The molecule has 104 valence electrons. The minimum atomic E-state index is -4.73. The fraction of sp³-hybridized carbons (Fsp3) is 1.00. The van der Waals surface area contributed by atoms with Crippen LogP contribution in [0, 0.1) is 5.92 Å². The first-order valence-electron chi connectivity index (χ1n) is 5.65. The van der Waals surface area contributed by atoms with E-state index in [1.807, 2.05) is 0 Å². The normalized spacial score (nSPS) is 13.6. The number of unbranched alkanes of at least 4 members (excludes halogenated alkanes) is 2. The summed E-state index contributed by atoms with van der Waals surface area (Å²) in [6, 6.07) is 0. The van der Waals surface area contributed by atoms with Gasteiger partial charge in [-0.2, -0.15) is 0 Å². The summed E-state index contributed by atoms with van der Waals surface area (Å²) in [5, 5.41) is -1.84. The van der Waals surface area contributed by atoms with E-state index in [1.54, 1.807) is 0 Å². The Bertz CT molecular complexity index is 283. The average Bonchev–Trinajstić information content (AvgIpc) is 2.05. The van der Waals surface area contributed by atoms with Crippen molar-refractivity contribution in [3.63, 3.8) is 0 Å². The first kappa shape index (κ1) is 17.3. The molecular weight excluding hydrogens is 266 g/mol. The van der Waals surface area contributed by atoms with Crippen molar-refractivity contribution in [1.29, 1.82) is 0 Å². The van der Waals surface area contributed by atoms with Gasteiger partial charge in [0.25, 0.3) is 0 Å². The van der Waals surface area contributed by atoms with Crippen LogP contribution in [0.5, 0.6) is 0 Å². The van der Waals surface area contributed by atoms with Gasteiger partial charge in [-0.3, -0.25) is 9.13 Å². The van der Waals surface area contributed by atoms with Crippen LogP contribution in [0.1, 0.15) is 46.0 Å². The van der Waals surface area contributed by atoms with Gasteiger partial charge in [0.1, 0.15) is 0 Å². The highest BCUT2D eigenvalue weighted by Gasteiger charge is 2.42. The summed E-state index contributed by atoms with van der Waals surface area (Å²) in [4.78, 5) is 35.5. The monoisotopic (exact) mass is 288 g/mol. The third-order valence-electron chi connectivity index (χ3n) is 2.52. The van der Waals surface area contributed by atoms with Crippen LogP contribution in [0.15, 0.2) is 0 Å². The third-order valence-corrected chi connectivity index (χ3v) is 6.39. The Morgan fingerprint density at radius 1 is 0.824 bits per heavy atom. The second-order valence-electron chi connectivity index (χ2n) is 4.69. The largest absolute Gasteiger partial charge is 0.340 e. The summed E-state index contributed by atoms with van der Waals surface area (Å²) >= 11 is 0. The SMILES string of the molecule is CC(C)CCCCCC(P(=O)(O)O)P(=O)(O)O. The van der Waals surface area contributed by atoms with Crippen LogP contribution in [-0.2, 0) is 9.13 Å². The van der Waals surface area contributed by atoms with E-state index < -0.39 is 20.6 Å². The molecule has 0 spiro atoms. The van der Waals surface area contributed by atoms with E-state index >= 15 is 0 Å². The molecule has 0 rings (SSSR count). The number of hydrogen-bond acceptors (Lipinski definition) is 2. The highest BCUT2D eigenvalue weighted by atomic mass is 31.2. The second kappa shape index (κ2) is 7.03. The lowest BCUT2D eigenvalue weighted by Gasteiger charge is -2.19. The predicted octanol–water partition coefficient (Wildman–Crippen LogP) is 2.27. The Morgan fingerprint density at radius 2 is 1.24 bits per heavy atom. The Balaban J connectivity index is 4.13. The predicted molar refractivity (Wildman–Crippen MR) is 65.8 cm³/mol. The molecule has 0 saturated carbocycles. The molecule has 0 aromatic rings. The van der Waals surface area contributed by atoms with E-state index in [0.29, 0.717) is 12.3 Å². The number of rotatable bonds is 8. The Labute approximate surface area is 102 Å². The maximum atomic E-state index is 11.0. The molecule has 17 heavy (non-hydrogen) atoms. The zero-order valence-corrected chi connectivity index (χ0v) is 12.0. The molecule has 0 aliphatic heterocycles. The van der Waals surface area contributed by atoms with Crippen molar-refractivity contribution in [3.05, 3.63) is 0 Å². The van der Waals surface area contributed by atoms with E-state index in [-0.39, 0.29) is 6.42 Å². The quantitative estimate of drug-likeness (QED) is 0.402. The Kier molecular flexibility index (Phi) is 7.15. The van der Waals surface area contributed by atoms with E-state index in [0.717, 1.165) is 19.3 Å². The zero-order valence-electron chi connectivity index (χ0n) is 10.2. The number of hydrogen-bond donors (Lipinski definition) is 4. The molecule has 0 fully saturated rings. The van der Waals surface area contributed by atoms with E-state index in [2.05, 4.69) is 13.8 Å². The summed E-state index contributed by atoms with van der Waals surface area (Å²) in [5.74, 6) is 0.564. The van der Waals surface area contributed by atoms with Crippen molar-refractivity contribution >= 4 is 15.2 Å². The van der Waals surface area contributed by atoms with Gasteiger partial charge in [-0.15, -0.1) is 0 Å². The first-order chi connectivity index (χ1) is 7.55. The minimum absolute atomic E-state index is 0.132. The first-order valence-corrected chi connectivity index (χ1v) is 9.02. The molecule has 0 bridgehead atoms. The zero-order chi connectivity index (χ0) is 13.7. The molecule has 0 atom stereocenters. The van der Waals surface area contributed by atoms with Gasteiger partial charge >= 0.3 is 15.2 Å². The van der Waals surface area contributed by atoms with E-state index in [9.17, 15) is 9.13 Å². The maximum Gasteiger partial charge on any atom is 0.340 e. The van der Waals surface area contributed by atoms with Gasteiger partial charge in [-0.25, -0.2) is 0 Å². The van der Waals surface area contributed by atoms with Gasteiger partial charge in [-0.1, -0.05) is 39.5 Å². The van der Waals surface area contributed by atoms with Crippen molar-refractivity contribution in [3.8, 4) is 0 Å². The summed E-state index contributed by atoms with van der Waals surface area (Å²) in [6.07, 6.45) is 2.94. The summed E-state index contributed by atoms with van der Waals surface area (Å²) in [5.41, 5.74) is 0. The van der Waals surface area contributed by atoms with Crippen molar-refractivity contribution in [2.24, 2.45) is 5.92 Å². The molecule has 0 aromatic carbocycles. The minimum Gasteiger partial charge on any atom is -0.324 e. The van der Waals surface area contributed by atoms with Crippen LogP contribution in [0.2, 0.25) is 0 Å². The average molecular weight is 288 g/mol. The smallest absolute Gasteiger partial charge is 0.324 e. The molecule has 0 heterocycles. The molecule has 0 aliphatic rings. The Morgan fingerprint density at radius 3 is 1.59 bits per heavy atom. The second-order valence-corrected chi connectivity index (χ2v) is 8.70. The fourth-order valence-corrected chi connectivity index (χ4v) is 4.19. The lowest BCUT2D eigenvalue weighted by Crippen LogP contribution is -2.09. The van der Waals surface area contributed by atoms with Gasteiger partial charge in [-0.05, 0) is 12.3 Å². The van der Waals surface area contributed by atoms with Crippen molar-refractivity contribution in [2.75, 3.05) is 0 Å². The van der Waals surface area contributed by atoms with E-state index in [1.165, 1.54) is 0 Å². The standard InChI is InChI=1S/C9H22O6P2/c1-8(2)6-4-3-5-7-9(16(10,11)12)17(13,14)15/h8-9H,3-7H2,1-2H3,(H2,10,11,12)(H2,13,14,15). The lowest BCUT2D eigenvalue weighted by atomic mass is 10.0. The highest BCUT2D eigenvalue weighted by molar-refractivity contribution is 7.70. The van der Waals surface area contributed by atoms with Crippen LogP contribution in [0.25, 0.3) is 0 Å². The third kappa shape index (κ3) is 8.09. The summed E-state index contributed by atoms with van der Waals surface area (Å²) < 4.78 is 21.9. The molecule has 4 N–H and O–H groups in total. The summed E-state index contributed by atoms with van der Waals surface area (Å²) in [6.45, 7) is 4.15. The van der Waals surface area contributed by atoms with Gasteiger partial charge < -0.3 is 19.6 Å². The highest BCUT2D eigenvalue weighted by Crippen LogP contribution is 2.61. The molecule has 0 aromatic heterocycles. The molecule has 0 aliphatic carbocycles. The topological polar surface area (TPSA) is 115 Å². The van der Waals surface area contributed by atoms with Crippen LogP contribution in [0.3, 0.4) is 0 Å². The Hall–Kier alpha value is 0.300. The molecule has 0 amide bonds. The lowest BCUT2D eigenvalue weighted by molar-refractivity contribution is 0.333. The van der Waals surface area contributed by atoms with Crippen LogP contribution in [0.4, 0.5) is 0 Å². The maximum absolute atomic E-state index is 11.0. The van der Waals surface area contributed by atoms with Crippen LogP contribution < -0.4 is 0 Å². The molecule has 8 heteroatoms. The van der Waals surface area contributed by atoms with Crippen LogP contribution in [-0.4, -0.2) is 25.0 Å².